The molecule has 1 aliphatic carbocycles. The van der Waals surface area contributed by atoms with Gasteiger partial charge in [0.15, 0.2) is 0 Å². The maximum absolute atomic E-state index is 14.8. The number of halogens is 3. The number of nitrogens with zero attached hydrogens (tertiary/aromatic N) is 2. The monoisotopic (exact) mass is 596 g/mol. The van der Waals surface area contributed by atoms with Crippen molar-refractivity contribution in [1.82, 2.24) is 20.3 Å². The van der Waals surface area contributed by atoms with Crippen LogP contribution < -0.4 is 16.0 Å². The third-order valence-electron chi connectivity index (χ3n) is 6.71. The van der Waals surface area contributed by atoms with Gasteiger partial charge in [-0.1, -0.05) is 29.8 Å². The molecule has 2 aromatic heterocycles. The highest BCUT2D eigenvalue weighted by Gasteiger charge is 2.42. The molecule has 1 aliphatic rings. The van der Waals surface area contributed by atoms with E-state index in [-0.39, 0.29) is 17.9 Å². The summed E-state index contributed by atoms with van der Waals surface area (Å²) in [7, 11) is 0. The van der Waals surface area contributed by atoms with Gasteiger partial charge in [0.1, 0.15) is 5.60 Å². The van der Waals surface area contributed by atoms with Gasteiger partial charge >= 0.3 is 6.09 Å². The second kappa shape index (κ2) is 11.6. The smallest absolute Gasteiger partial charge is 0.412 e. The van der Waals surface area contributed by atoms with E-state index in [2.05, 4.69) is 30.9 Å². The molecule has 42 heavy (non-hydrogen) atoms. The minimum Gasteiger partial charge on any atom is -0.444 e. The van der Waals surface area contributed by atoms with E-state index in [0.29, 0.717) is 16.4 Å². The highest BCUT2D eigenvalue weighted by molar-refractivity contribution is 6.33. The van der Waals surface area contributed by atoms with E-state index in [4.69, 9.17) is 16.3 Å². The number of nitrogens with one attached hydrogen (secondary N) is 4. The SMILES string of the molecule is CC(C)(C)OC(=O)Nc1ccc(C(=O)NC2CC(Nc3ncc(Cl)c(-c4c[nH]c5ccccc45)n3)CC(F)(F)C2)cc1. The molecule has 2 atom stereocenters. The van der Waals surface area contributed by atoms with Crippen molar-refractivity contribution >= 4 is 46.1 Å². The molecular formula is C30H31ClF2N6O3. The minimum absolute atomic E-state index is 0.167. The lowest BCUT2D eigenvalue weighted by molar-refractivity contribution is -0.0467. The maximum atomic E-state index is 14.8. The number of carbonyl (C=O) groups is 2. The van der Waals surface area contributed by atoms with E-state index in [0.717, 1.165) is 16.5 Å². The van der Waals surface area contributed by atoms with E-state index in [1.807, 2.05) is 24.3 Å². The number of rotatable bonds is 6. The molecule has 0 radical (unpaired) electrons. The zero-order valence-corrected chi connectivity index (χ0v) is 24.1. The van der Waals surface area contributed by atoms with Crippen LogP contribution in [-0.2, 0) is 4.74 Å². The quantitative estimate of drug-likeness (QED) is 0.190. The van der Waals surface area contributed by atoms with Crippen molar-refractivity contribution in [3.05, 3.63) is 71.5 Å². The van der Waals surface area contributed by atoms with Gasteiger partial charge in [-0.2, -0.15) is 0 Å². The standard InChI is InChI=1S/C30H31ClF2N6O3/c1-29(2,3)42-28(41)38-18-10-8-17(9-11-18)26(40)36-19-12-20(14-30(32,33)13-19)37-27-35-16-23(31)25(39-27)22-15-34-24-7-5-4-6-21(22)24/h4-11,15-16,19-20,34H,12-14H2,1-3H3,(H,36,40)(H,38,41)(H,35,37,39). The van der Waals surface area contributed by atoms with Crippen molar-refractivity contribution in [2.75, 3.05) is 10.6 Å². The number of carbonyl (C=O) groups excluding carboxylic acids is 2. The normalized spacial score (nSPS) is 18.3. The van der Waals surface area contributed by atoms with Crippen molar-refractivity contribution in [1.29, 1.82) is 0 Å². The third kappa shape index (κ3) is 7.14. The number of amides is 2. The predicted octanol–water partition coefficient (Wildman–Crippen LogP) is 7.02. The topological polar surface area (TPSA) is 121 Å². The lowest BCUT2D eigenvalue weighted by Crippen LogP contribution is -2.48. The van der Waals surface area contributed by atoms with Gasteiger partial charge in [-0.05, 0) is 57.5 Å². The molecule has 4 aromatic rings. The van der Waals surface area contributed by atoms with E-state index in [1.54, 1.807) is 39.1 Å². The Morgan fingerprint density at radius 1 is 1.07 bits per heavy atom. The van der Waals surface area contributed by atoms with Gasteiger partial charge in [-0.25, -0.2) is 23.5 Å². The number of fused-ring (bicyclic) bond motifs is 1. The summed E-state index contributed by atoms with van der Waals surface area (Å²) >= 11 is 6.41. The van der Waals surface area contributed by atoms with Crippen LogP contribution in [0.2, 0.25) is 5.02 Å². The van der Waals surface area contributed by atoms with Crippen molar-refractivity contribution in [3.63, 3.8) is 0 Å². The molecule has 0 spiro atoms. The highest BCUT2D eigenvalue weighted by atomic mass is 35.5. The molecule has 2 aromatic carbocycles. The molecule has 220 valence electrons. The Labute approximate surface area is 246 Å². The largest absolute Gasteiger partial charge is 0.444 e. The molecule has 9 nitrogen and oxygen atoms in total. The highest BCUT2D eigenvalue weighted by Crippen LogP contribution is 2.36. The van der Waals surface area contributed by atoms with Crippen LogP contribution in [0.15, 0.2) is 60.9 Å². The van der Waals surface area contributed by atoms with Crippen molar-refractivity contribution in [2.45, 2.75) is 63.6 Å². The van der Waals surface area contributed by atoms with Gasteiger partial charge in [0.05, 0.1) is 16.9 Å². The molecule has 2 unspecified atom stereocenters. The second-order valence-corrected chi connectivity index (χ2v) is 11.8. The summed E-state index contributed by atoms with van der Waals surface area (Å²) in [6, 6.07) is 12.3. The zero-order chi connectivity index (χ0) is 30.1. The van der Waals surface area contributed by atoms with Crippen LogP contribution >= 0.6 is 11.6 Å². The lowest BCUT2D eigenvalue weighted by atomic mass is 9.87. The third-order valence-corrected chi connectivity index (χ3v) is 6.98. The first kappa shape index (κ1) is 29.2. The van der Waals surface area contributed by atoms with E-state index < -0.39 is 48.4 Å². The second-order valence-electron chi connectivity index (χ2n) is 11.4. The average Bonchev–Trinajstić information content (AvgIpc) is 3.32. The molecule has 1 fully saturated rings. The minimum atomic E-state index is -3.01. The number of ether oxygens (including phenoxy) is 1. The summed E-state index contributed by atoms with van der Waals surface area (Å²) in [5.41, 5.74) is 2.21. The number of para-hydroxylation sites is 1. The Balaban J connectivity index is 1.25. The van der Waals surface area contributed by atoms with Crippen LogP contribution in [0.1, 0.15) is 50.4 Å². The Morgan fingerprint density at radius 3 is 2.52 bits per heavy atom. The number of hydrogen-bond acceptors (Lipinski definition) is 6. The fourth-order valence-electron chi connectivity index (χ4n) is 5.01. The summed E-state index contributed by atoms with van der Waals surface area (Å²) in [4.78, 5) is 36.8. The molecule has 0 saturated heterocycles. The Kier molecular flexibility index (Phi) is 8.05. The molecule has 12 heteroatoms. The first-order chi connectivity index (χ1) is 19.8. The summed E-state index contributed by atoms with van der Waals surface area (Å²) in [6.45, 7) is 5.25. The van der Waals surface area contributed by atoms with E-state index in [1.165, 1.54) is 18.3 Å². The number of alkyl halides is 2. The summed E-state index contributed by atoms with van der Waals surface area (Å²) in [6.07, 6.45) is 1.93. The first-order valence-electron chi connectivity index (χ1n) is 13.5. The number of hydrogen-bond donors (Lipinski definition) is 4. The van der Waals surface area contributed by atoms with Gasteiger partial charge in [0.2, 0.25) is 5.95 Å². The summed E-state index contributed by atoms with van der Waals surface area (Å²) < 4.78 is 34.8. The fourth-order valence-corrected chi connectivity index (χ4v) is 5.20. The molecular weight excluding hydrogens is 566 g/mol. The van der Waals surface area contributed by atoms with Crippen LogP contribution in [0.5, 0.6) is 0 Å². The predicted molar refractivity (Wildman–Crippen MR) is 158 cm³/mol. The first-order valence-corrected chi connectivity index (χ1v) is 13.9. The van der Waals surface area contributed by atoms with Crippen LogP contribution in [0.3, 0.4) is 0 Å². The Bertz CT molecular complexity index is 1600. The number of aromatic amines is 1. The van der Waals surface area contributed by atoms with Gasteiger partial charge in [-0.3, -0.25) is 10.1 Å². The molecule has 4 N–H and O–H groups in total. The molecule has 5 rings (SSSR count). The number of H-pyrrole nitrogens is 1. The number of aromatic nitrogens is 3. The molecule has 1 saturated carbocycles. The van der Waals surface area contributed by atoms with Crippen LogP contribution in [-0.4, -0.2) is 50.6 Å². The van der Waals surface area contributed by atoms with Crippen LogP contribution in [0.4, 0.5) is 25.2 Å². The number of anilines is 2. The Morgan fingerprint density at radius 2 is 1.79 bits per heavy atom. The number of benzene rings is 2. The molecule has 2 heterocycles. The lowest BCUT2D eigenvalue weighted by Gasteiger charge is -2.35. The van der Waals surface area contributed by atoms with Gasteiger partial charge in [0, 0.05) is 58.8 Å². The maximum Gasteiger partial charge on any atom is 0.412 e. The average molecular weight is 597 g/mol. The molecule has 2 amide bonds. The molecule has 0 aliphatic heterocycles. The summed E-state index contributed by atoms with van der Waals surface area (Å²) in [5, 5.41) is 9.59. The fraction of sp³-hybridized carbons (Fsp3) is 0.333. The summed E-state index contributed by atoms with van der Waals surface area (Å²) in [5.74, 6) is -3.34. The van der Waals surface area contributed by atoms with E-state index in [9.17, 15) is 18.4 Å². The van der Waals surface area contributed by atoms with Gasteiger partial charge in [0.25, 0.3) is 11.8 Å². The van der Waals surface area contributed by atoms with Crippen molar-refractivity contribution in [3.8, 4) is 11.3 Å². The van der Waals surface area contributed by atoms with Gasteiger partial charge < -0.3 is 20.4 Å². The van der Waals surface area contributed by atoms with Crippen molar-refractivity contribution < 1.29 is 23.1 Å². The Hall–Kier alpha value is -4.25. The van der Waals surface area contributed by atoms with Crippen LogP contribution in [0.25, 0.3) is 22.2 Å². The van der Waals surface area contributed by atoms with Gasteiger partial charge in [-0.15, -0.1) is 0 Å². The zero-order valence-electron chi connectivity index (χ0n) is 23.3. The van der Waals surface area contributed by atoms with Crippen molar-refractivity contribution in [2.24, 2.45) is 0 Å². The van der Waals surface area contributed by atoms with Crippen LogP contribution in [0, 0.1) is 0 Å². The molecule has 0 bridgehead atoms. The van der Waals surface area contributed by atoms with E-state index >= 15 is 0 Å².